The number of pyridine rings is 1. The first kappa shape index (κ1) is 23.7. The number of amides is 1. The molecular weight excluding hydrogens is 464 g/mol. The first-order chi connectivity index (χ1) is 17.5. The number of hydrogen-bond acceptors (Lipinski definition) is 5. The lowest BCUT2D eigenvalue weighted by molar-refractivity contribution is 0.102. The van der Waals surface area contributed by atoms with Crippen molar-refractivity contribution in [3.63, 3.8) is 0 Å². The van der Waals surface area contributed by atoms with Gasteiger partial charge in [-0.05, 0) is 73.5 Å². The van der Waals surface area contributed by atoms with Crippen molar-refractivity contribution in [3.05, 3.63) is 90.3 Å². The number of fused-ring (bicyclic) bond motifs is 1. The van der Waals surface area contributed by atoms with Crippen LogP contribution in [0.1, 0.15) is 23.2 Å². The van der Waals surface area contributed by atoms with Crippen LogP contribution in [0, 0.1) is 11.6 Å². The minimum absolute atomic E-state index is 0.166. The van der Waals surface area contributed by atoms with Gasteiger partial charge in [0.05, 0.1) is 23.4 Å². The van der Waals surface area contributed by atoms with Gasteiger partial charge in [0, 0.05) is 49.4 Å². The predicted octanol–water partition coefficient (Wildman–Crippen LogP) is 4.33. The van der Waals surface area contributed by atoms with E-state index in [4.69, 9.17) is 0 Å². The summed E-state index contributed by atoms with van der Waals surface area (Å²) < 4.78 is 25.6. The molecule has 7 nitrogen and oxygen atoms in total. The van der Waals surface area contributed by atoms with E-state index in [2.05, 4.69) is 26.3 Å². The van der Waals surface area contributed by atoms with Gasteiger partial charge in [-0.2, -0.15) is 5.10 Å². The van der Waals surface area contributed by atoms with Gasteiger partial charge < -0.3 is 20.2 Å². The predicted molar refractivity (Wildman–Crippen MR) is 136 cm³/mol. The minimum atomic E-state index is -0.411. The van der Waals surface area contributed by atoms with Crippen molar-refractivity contribution in [2.45, 2.75) is 18.9 Å². The van der Waals surface area contributed by atoms with Gasteiger partial charge in [0.25, 0.3) is 5.91 Å². The number of aromatic nitrogens is 2. The SMILES string of the molecule is Fc1ccc(F)cc1.O=C(Nc1ccc(N2CC(O)C2)cc1)c1cnn2ccc(N3CCCC3)cc12. The average Bonchev–Trinajstić information content (AvgIpc) is 3.55. The summed E-state index contributed by atoms with van der Waals surface area (Å²) in [5.74, 6) is -0.988. The lowest BCUT2D eigenvalue weighted by Gasteiger charge is -2.37. The normalized spacial score (nSPS) is 15.4. The molecule has 0 aliphatic carbocycles. The van der Waals surface area contributed by atoms with E-state index in [1.807, 2.05) is 36.5 Å². The Balaban J connectivity index is 0.000000286. The van der Waals surface area contributed by atoms with E-state index in [0.717, 1.165) is 59.9 Å². The number of carbonyl (C=O) groups excluding carboxylic acids is 1. The molecule has 6 rings (SSSR count). The second kappa shape index (κ2) is 10.3. The summed E-state index contributed by atoms with van der Waals surface area (Å²) in [6, 6.07) is 16.1. The molecular formula is C27H27F2N5O2. The number of halogens is 2. The van der Waals surface area contributed by atoms with Crippen molar-refractivity contribution in [2.24, 2.45) is 0 Å². The van der Waals surface area contributed by atoms with Crippen molar-refractivity contribution in [1.29, 1.82) is 0 Å². The third-order valence-corrected chi connectivity index (χ3v) is 6.38. The van der Waals surface area contributed by atoms with Crippen LogP contribution < -0.4 is 15.1 Å². The van der Waals surface area contributed by atoms with E-state index in [1.54, 1.807) is 10.7 Å². The summed E-state index contributed by atoms with van der Waals surface area (Å²) >= 11 is 0. The topological polar surface area (TPSA) is 73.1 Å². The molecule has 4 heterocycles. The number of nitrogens with zero attached hydrogens (tertiary/aromatic N) is 4. The van der Waals surface area contributed by atoms with E-state index in [9.17, 15) is 18.7 Å². The first-order valence-electron chi connectivity index (χ1n) is 11.9. The average molecular weight is 492 g/mol. The maximum absolute atomic E-state index is 12.8. The van der Waals surface area contributed by atoms with E-state index in [1.165, 1.54) is 12.8 Å². The molecule has 0 spiro atoms. The fourth-order valence-corrected chi connectivity index (χ4v) is 4.37. The van der Waals surface area contributed by atoms with Crippen molar-refractivity contribution in [1.82, 2.24) is 9.61 Å². The van der Waals surface area contributed by atoms with Crippen LogP contribution in [0.25, 0.3) is 5.52 Å². The van der Waals surface area contributed by atoms with Crippen molar-refractivity contribution < 1.29 is 18.7 Å². The lowest BCUT2D eigenvalue weighted by atomic mass is 10.1. The zero-order chi connectivity index (χ0) is 25.1. The highest BCUT2D eigenvalue weighted by Crippen LogP contribution is 2.25. The number of benzene rings is 2. The van der Waals surface area contributed by atoms with Crippen LogP contribution in [0.15, 0.2) is 73.1 Å². The molecule has 2 N–H and O–H groups in total. The molecule has 1 amide bonds. The molecule has 2 aromatic heterocycles. The Morgan fingerprint density at radius 1 is 0.889 bits per heavy atom. The van der Waals surface area contributed by atoms with Gasteiger partial charge in [0.2, 0.25) is 0 Å². The Morgan fingerprint density at radius 3 is 2.14 bits per heavy atom. The first-order valence-corrected chi connectivity index (χ1v) is 11.9. The largest absolute Gasteiger partial charge is 0.389 e. The fraction of sp³-hybridized carbons (Fsp3) is 0.259. The zero-order valence-electron chi connectivity index (χ0n) is 19.6. The maximum atomic E-state index is 12.8. The Labute approximate surface area is 207 Å². The van der Waals surface area contributed by atoms with Gasteiger partial charge in [-0.1, -0.05) is 0 Å². The van der Waals surface area contributed by atoms with Crippen LogP contribution in [0.5, 0.6) is 0 Å². The molecule has 2 aliphatic rings. The molecule has 2 fully saturated rings. The molecule has 0 bridgehead atoms. The van der Waals surface area contributed by atoms with Gasteiger partial charge in [0.15, 0.2) is 0 Å². The number of aliphatic hydroxyl groups is 1. The minimum Gasteiger partial charge on any atom is -0.389 e. The summed E-state index contributed by atoms with van der Waals surface area (Å²) in [4.78, 5) is 17.3. The van der Waals surface area contributed by atoms with Gasteiger partial charge in [-0.25, -0.2) is 13.3 Å². The zero-order valence-corrected chi connectivity index (χ0v) is 19.6. The van der Waals surface area contributed by atoms with Crippen LogP contribution in [0.2, 0.25) is 0 Å². The van der Waals surface area contributed by atoms with Gasteiger partial charge >= 0.3 is 0 Å². The highest BCUT2D eigenvalue weighted by atomic mass is 19.1. The number of nitrogens with one attached hydrogen (secondary N) is 1. The number of carbonyl (C=O) groups is 1. The van der Waals surface area contributed by atoms with Gasteiger partial charge in [-0.15, -0.1) is 0 Å². The van der Waals surface area contributed by atoms with Crippen molar-refractivity contribution in [3.8, 4) is 0 Å². The summed E-state index contributed by atoms with van der Waals surface area (Å²) in [6.07, 6.45) is 5.72. The maximum Gasteiger partial charge on any atom is 0.259 e. The van der Waals surface area contributed by atoms with Crippen LogP contribution in [-0.2, 0) is 0 Å². The smallest absolute Gasteiger partial charge is 0.259 e. The molecule has 4 aromatic rings. The summed E-state index contributed by atoms with van der Waals surface area (Å²) in [5, 5.41) is 16.7. The van der Waals surface area contributed by atoms with Crippen molar-refractivity contribution in [2.75, 3.05) is 41.3 Å². The standard InChI is InChI=1S/C21H23N5O2.C6H4F2/c27-18-13-25(14-18)16-5-3-15(4-6-16)23-21(28)19-12-22-26-10-7-17(11-20(19)26)24-8-1-2-9-24;7-5-1-2-6(8)4-3-5/h3-7,10-12,18,27H,1-2,8-9,13-14H2,(H,23,28);1-4H. The summed E-state index contributed by atoms with van der Waals surface area (Å²) in [5.41, 5.74) is 4.31. The highest BCUT2D eigenvalue weighted by Gasteiger charge is 2.24. The lowest BCUT2D eigenvalue weighted by Crippen LogP contribution is -2.50. The van der Waals surface area contributed by atoms with Crippen molar-refractivity contribution >= 4 is 28.5 Å². The quantitative estimate of drug-likeness (QED) is 0.445. The molecule has 0 unspecified atom stereocenters. The van der Waals surface area contributed by atoms with E-state index in [0.29, 0.717) is 18.7 Å². The van der Waals surface area contributed by atoms with Crippen LogP contribution in [0.3, 0.4) is 0 Å². The van der Waals surface area contributed by atoms with E-state index < -0.39 is 11.6 Å². The summed E-state index contributed by atoms with van der Waals surface area (Å²) in [7, 11) is 0. The molecule has 2 aromatic carbocycles. The Bertz CT molecular complexity index is 1310. The second-order valence-corrected chi connectivity index (χ2v) is 8.96. The van der Waals surface area contributed by atoms with Crippen LogP contribution >= 0.6 is 0 Å². The number of β-amino-alcohol motifs (C(OH)–C–C–N with tert-alkyl or cyclic N) is 1. The van der Waals surface area contributed by atoms with E-state index in [-0.39, 0.29) is 12.0 Å². The fourth-order valence-electron chi connectivity index (χ4n) is 4.37. The molecule has 9 heteroatoms. The van der Waals surface area contributed by atoms with Gasteiger partial charge in [-0.3, -0.25) is 4.79 Å². The third-order valence-electron chi connectivity index (χ3n) is 6.38. The molecule has 0 atom stereocenters. The van der Waals surface area contributed by atoms with E-state index >= 15 is 0 Å². The molecule has 186 valence electrons. The number of hydrogen-bond donors (Lipinski definition) is 2. The molecule has 2 aliphatic heterocycles. The Kier molecular flexibility index (Phi) is 6.81. The summed E-state index contributed by atoms with van der Waals surface area (Å²) in [6.45, 7) is 3.44. The molecule has 36 heavy (non-hydrogen) atoms. The van der Waals surface area contributed by atoms with Gasteiger partial charge in [0.1, 0.15) is 11.6 Å². The molecule has 0 saturated carbocycles. The number of aliphatic hydroxyl groups excluding tert-OH is 1. The Morgan fingerprint density at radius 2 is 1.53 bits per heavy atom. The number of anilines is 3. The van der Waals surface area contributed by atoms with Crippen LogP contribution in [-0.4, -0.2) is 52.9 Å². The third kappa shape index (κ3) is 5.31. The Hall–Kier alpha value is -3.98. The highest BCUT2D eigenvalue weighted by molar-refractivity contribution is 6.09. The molecule has 2 saturated heterocycles. The number of rotatable bonds is 4. The monoisotopic (exact) mass is 491 g/mol. The van der Waals surface area contributed by atoms with Crippen LogP contribution in [0.4, 0.5) is 25.8 Å². The second-order valence-electron chi connectivity index (χ2n) is 8.96. The molecule has 0 radical (unpaired) electrons.